The van der Waals surface area contributed by atoms with Gasteiger partial charge < -0.3 is 5.11 Å². The van der Waals surface area contributed by atoms with Crippen molar-refractivity contribution in [2.75, 3.05) is 13.1 Å². The minimum absolute atomic E-state index is 0.112. The second kappa shape index (κ2) is 6.59. The van der Waals surface area contributed by atoms with Crippen LogP contribution in [0.2, 0.25) is 0 Å². The number of hydrogen-bond donors (Lipinski definition) is 2. The predicted octanol–water partition coefficient (Wildman–Crippen LogP) is 1.43. The second-order valence-electron chi connectivity index (χ2n) is 6.47. The van der Waals surface area contributed by atoms with Gasteiger partial charge in [-0.15, -0.1) is 0 Å². The van der Waals surface area contributed by atoms with Crippen molar-refractivity contribution in [1.82, 2.24) is 9.62 Å². The van der Waals surface area contributed by atoms with E-state index in [1.807, 2.05) is 11.0 Å². The Hall–Kier alpha value is -1.44. The van der Waals surface area contributed by atoms with E-state index < -0.39 is 16.0 Å². The molecular weight excluding hydrogens is 316 g/mol. The first-order valence-corrected chi connectivity index (χ1v) is 9.54. The molecule has 0 radical (unpaired) electrons. The quantitative estimate of drug-likeness (QED) is 0.819. The number of carbonyl (C=O) groups is 1. The third-order valence-corrected chi connectivity index (χ3v) is 6.47. The summed E-state index contributed by atoms with van der Waals surface area (Å²) in [7, 11) is -3.24. The van der Waals surface area contributed by atoms with Crippen LogP contribution in [0.5, 0.6) is 0 Å². The van der Waals surface area contributed by atoms with E-state index in [2.05, 4.69) is 4.72 Å². The molecule has 23 heavy (non-hydrogen) atoms. The van der Waals surface area contributed by atoms with Gasteiger partial charge in [-0.1, -0.05) is 25.0 Å². The van der Waals surface area contributed by atoms with Gasteiger partial charge in [-0.05, 0) is 30.5 Å². The highest BCUT2D eigenvalue weighted by atomic mass is 32.2. The predicted molar refractivity (Wildman–Crippen MR) is 86.8 cm³/mol. The molecule has 3 rings (SSSR count). The Kier molecular flexibility index (Phi) is 4.70. The molecule has 1 aliphatic heterocycles. The minimum Gasteiger partial charge on any atom is -0.478 e. The molecular formula is C16H22N2O4S. The molecule has 1 aromatic rings. The van der Waals surface area contributed by atoms with Crippen LogP contribution in [0.3, 0.4) is 0 Å². The molecule has 2 aliphatic rings. The van der Waals surface area contributed by atoms with Crippen LogP contribution in [0.1, 0.15) is 41.6 Å². The monoisotopic (exact) mass is 338 g/mol. The molecule has 1 aliphatic carbocycles. The average molecular weight is 338 g/mol. The van der Waals surface area contributed by atoms with Gasteiger partial charge in [0.1, 0.15) is 5.25 Å². The Morgan fingerprint density at radius 2 is 1.96 bits per heavy atom. The first-order chi connectivity index (χ1) is 10.9. The summed E-state index contributed by atoms with van der Waals surface area (Å²) in [6.07, 6.45) is 4.09. The Labute approximate surface area is 136 Å². The maximum atomic E-state index is 12.3. The lowest BCUT2D eigenvalue weighted by Gasteiger charge is -2.39. The van der Waals surface area contributed by atoms with E-state index in [1.165, 1.54) is 0 Å². The van der Waals surface area contributed by atoms with Crippen LogP contribution in [-0.4, -0.2) is 48.8 Å². The molecule has 0 spiro atoms. The number of likely N-dealkylation sites (tertiary alicyclic amines) is 1. The average Bonchev–Trinajstić information content (AvgIpc) is 2.94. The number of aromatic carboxylic acids is 1. The van der Waals surface area contributed by atoms with Gasteiger partial charge in [0.2, 0.25) is 10.0 Å². The van der Waals surface area contributed by atoms with E-state index in [0.29, 0.717) is 19.6 Å². The van der Waals surface area contributed by atoms with Gasteiger partial charge in [0.15, 0.2) is 0 Å². The topological polar surface area (TPSA) is 86.7 Å². The lowest BCUT2D eigenvalue weighted by atomic mass is 10.1. The van der Waals surface area contributed by atoms with Crippen molar-refractivity contribution < 1.29 is 18.3 Å². The van der Waals surface area contributed by atoms with E-state index in [4.69, 9.17) is 5.11 Å². The number of benzene rings is 1. The van der Waals surface area contributed by atoms with Crippen LogP contribution in [0.15, 0.2) is 24.3 Å². The van der Waals surface area contributed by atoms with E-state index in [-0.39, 0.29) is 16.9 Å². The maximum absolute atomic E-state index is 12.3. The van der Waals surface area contributed by atoms with Gasteiger partial charge in [-0.2, -0.15) is 0 Å². The first-order valence-electron chi connectivity index (χ1n) is 8.00. The lowest BCUT2D eigenvalue weighted by Crippen LogP contribution is -2.57. The van der Waals surface area contributed by atoms with Gasteiger partial charge in [0.25, 0.3) is 0 Å². The van der Waals surface area contributed by atoms with E-state index in [9.17, 15) is 13.2 Å². The van der Waals surface area contributed by atoms with Crippen molar-refractivity contribution in [3.8, 4) is 0 Å². The summed E-state index contributed by atoms with van der Waals surface area (Å²) in [5.41, 5.74) is 1.15. The third-order valence-electron chi connectivity index (χ3n) is 4.63. The van der Waals surface area contributed by atoms with E-state index in [1.54, 1.807) is 18.2 Å². The number of nitrogens with zero attached hydrogens (tertiary/aromatic N) is 1. The van der Waals surface area contributed by atoms with Crippen LogP contribution in [0, 0.1) is 0 Å². The molecule has 126 valence electrons. The second-order valence-corrected chi connectivity index (χ2v) is 8.46. The number of sulfonamides is 1. The highest BCUT2D eigenvalue weighted by molar-refractivity contribution is 7.90. The largest absolute Gasteiger partial charge is 0.478 e. The van der Waals surface area contributed by atoms with Crippen molar-refractivity contribution in [1.29, 1.82) is 0 Å². The molecule has 1 aromatic carbocycles. The third kappa shape index (κ3) is 3.91. The molecule has 0 unspecified atom stereocenters. The number of rotatable bonds is 6. The number of carboxylic acid groups (broad SMARTS) is 1. The van der Waals surface area contributed by atoms with Gasteiger partial charge in [-0.3, -0.25) is 4.90 Å². The highest BCUT2D eigenvalue weighted by Crippen LogP contribution is 2.23. The van der Waals surface area contributed by atoms with Crippen LogP contribution in [0.4, 0.5) is 0 Å². The van der Waals surface area contributed by atoms with Crippen molar-refractivity contribution in [3.05, 3.63) is 35.4 Å². The van der Waals surface area contributed by atoms with Gasteiger partial charge in [0.05, 0.1) is 5.56 Å². The number of carboxylic acids is 1. The Morgan fingerprint density at radius 3 is 2.61 bits per heavy atom. The normalized spacial score (nSPS) is 20.5. The number of nitrogens with one attached hydrogen (secondary N) is 1. The first kappa shape index (κ1) is 16.4. The van der Waals surface area contributed by atoms with Crippen LogP contribution in [0.25, 0.3) is 0 Å². The fourth-order valence-corrected chi connectivity index (χ4v) is 4.99. The summed E-state index contributed by atoms with van der Waals surface area (Å²) >= 11 is 0. The summed E-state index contributed by atoms with van der Waals surface area (Å²) in [5.74, 6) is -0.948. The molecule has 0 bridgehead atoms. The summed E-state index contributed by atoms with van der Waals surface area (Å²) in [6.45, 7) is 1.58. The van der Waals surface area contributed by atoms with Crippen molar-refractivity contribution in [2.24, 2.45) is 0 Å². The lowest BCUT2D eigenvalue weighted by molar-refractivity contribution is 0.0696. The molecule has 0 atom stereocenters. The summed E-state index contributed by atoms with van der Waals surface area (Å²) in [6, 6.07) is 6.89. The van der Waals surface area contributed by atoms with Gasteiger partial charge in [-0.25, -0.2) is 17.9 Å². The molecule has 7 heteroatoms. The number of hydrogen-bond acceptors (Lipinski definition) is 4. The van der Waals surface area contributed by atoms with Crippen molar-refractivity contribution in [2.45, 2.75) is 43.5 Å². The zero-order valence-electron chi connectivity index (χ0n) is 12.9. The summed E-state index contributed by atoms with van der Waals surface area (Å²) < 4.78 is 27.4. The summed E-state index contributed by atoms with van der Waals surface area (Å²) in [5, 5.41) is 8.64. The standard InChI is InChI=1S/C16H22N2O4S/c19-16(20)13-5-3-4-12(8-13)9-18-10-15(11-18)23(21,22)17-14-6-1-2-7-14/h3-5,8,14-15,17H,1-2,6-7,9-11H2,(H,19,20). The fraction of sp³-hybridized carbons (Fsp3) is 0.562. The van der Waals surface area contributed by atoms with E-state index in [0.717, 1.165) is 31.2 Å². The molecule has 1 saturated heterocycles. The van der Waals surface area contributed by atoms with Gasteiger partial charge in [0, 0.05) is 25.7 Å². The Morgan fingerprint density at radius 1 is 1.26 bits per heavy atom. The smallest absolute Gasteiger partial charge is 0.335 e. The maximum Gasteiger partial charge on any atom is 0.335 e. The van der Waals surface area contributed by atoms with Crippen LogP contribution < -0.4 is 4.72 Å². The SMILES string of the molecule is O=C(O)c1cccc(CN2CC(S(=O)(=O)NC3CCCC3)C2)c1. The van der Waals surface area contributed by atoms with Crippen LogP contribution in [-0.2, 0) is 16.6 Å². The Balaban J connectivity index is 1.52. The molecule has 1 heterocycles. The fourth-order valence-electron chi connectivity index (χ4n) is 3.28. The molecule has 1 saturated carbocycles. The van der Waals surface area contributed by atoms with E-state index >= 15 is 0 Å². The molecule has 0 aromatic heterocycles. The van der Waals surface area contributed by atoms with Crippen LogP contribution >= 0.6 is 0 Å². The molecule has 0 amide bonds. The minimum atomic E-state index is -3.24. The zero-order valence-corrected chi connectivity index (χ0v) is 13.8. The molecule has 2 fully saturated rings. The van der Waals surface area contributed by atoms with Gasteiger partial charge >= 0.3 is 5.97 Å². The summed E-state index contributed by atoms with van der Waals surface area (Å²) in [4.78, 5) is 13.0. The molecule has 2 N–H and O–H groups in total. The van der Waals surface area contributed by atoms with Crippen molar-refractivity contribution in [3.63, 3.8) is 0 Å². The molecule has 6 nitrogen and oxygen atoms in total. The zero-order chi connectivity index (χ0) is 16.4. The highest BCUT2D eigenvalue weighted by Gasteiger charge is 2.38. The van der Waals surface area contributed by atoms with Crippen molar-refractivity contribution >= 4 is 16.0 Å². The Bertz CT molecular complexity index is 677.